The third-order valence-electron chi connectivity index (χ3n) is 1.02. The average Bonchev–Trinajstić information content (AvgIpc) is 2.32. The molecule has 0 aromatic carbocycles. The van der Waals surface area contributed by atoms with Gasteiger partial charge in [0.1, 0.15) is 11.4 Å². The fourth-order valence-corrected chi connectivity index (χ4v) is 0.543. The SMILES string of the molecule is O=Cc1cc(C(F)(F)F)[nH]n1. The summed E-state index contributed by atoms with van der Waals surface area (Å²) in [6.07, 6.45) is -4.22. The van der Waals surface area contributed by atoms with Crippen LogP contribution in [0.25, 0.3) is 0 Å². The van der Waals surface area contributed by atoms with Crippen LogP contribution >= 0.6 is 0 Å². The van der Waals surface area contributed by atoms with Crippen LogP contribution in [0.15, 0.2) is 6.07 Å². The number of hydrogen-bond donors (Lipinski definition) is 1. The van der Waals surface area contributed by atoms with E-state index in [1.54, 1.807) is 5.10 Å². The highest BCUT2D eigenvalue weighted by Crippen LogP contribution is 2.27. The summed E-state index contributed by atoms with van der Waals surface area (Å²) >= 11 is 0. The molecular weight excluding hydrogens is 161 g/mol. The van der Waals surface area contributed by atoms with E-state index in [-0.39, 0.29) is 12.0 Å². The molecule has 0 bridgehead atoms. The van der Waals surface area contributed by atoms with Crippen molar-refractivity contribution in [2.45, 2.75) is 6.18 Å². The summed E-state index contributed by atoms with van der Waals surface area (Å²) in [4.78, 5) is 9.90. The van der Waals surface area contributed by atoms with Gasteiger partial charge in [0.05, 0.1) is 0 Å². The first-order valence-corrected chi connectivity index (χ1v) is 2.62. The molecule has 0 saturated heterocycles. The molecule has 0 saturated carbocycles. The Morgan fingerprint density at radius 2 is 2.18 bits per heavy atom. The van der Waals surface area contributed by atoms with Crippen LogP contribution in [0.3, 0.4) is 0 Å². The quantitative estimate of drug-likeness (QED) is 0.634. The zero-order chi connectivity index (χ0) is 8.48. The Kier molecular flexibility index (Phi) is 1.67. The molecule has 6 heteroatoms. The lowest BCUT2D eigenvalue weighted by Gasteiger charge is -1.99. The van der Waals surface area contributed by atoms with Gasteiger partial charge in [0, 0.05) is 0 Å². The van der Waals surface area contributed by atoms with E-state index in [1.165, 1.54) is 0 Å². The number of alkyl halides is 3. The minimum atomic E-state index is -4.46. The standard InChI is InChI=1S/C5H3F3N2O/c6-5(7,8)4-1-3(2-11)9-10-4/h1-2H,(H,9,10). The van der Waals surface area contributed by atoms with Crippen molar-refractivity contribution in [3.63, 3.8) is 0 Å². The van der Waals surface area contributed by atoms with Gasteiger partial charge in [-0.2, -0.15) is 18.3 Å². The van der Waals surface area contributed by atoms with Crippen LogP contribution in [0.1, 0.15) is 16.2 Å². The minimum absolute atomic E-state index is 0.242. The largest absolute Gasteiger partial charge is 0.432 e. The number of aromatic nitrogens is 2. The minimum Gasteiger partial charge on any atom is -0.296 e. The van der Waals surface area contributed by atoms with E-state index in [4.69, 9.17) is 0 Å². The molecule has 11 heavy (non-hydrogen) atoms. The van der Waals surface area contributed by atoms with Crippen LogP contribution in [0, 0.1) is 0 Å². The van der Waals surface area contributed by atoms with E-state index in [0.717, 1.165) is 0 Å². The van der Waals surface area contributed by atoms with Gasteiger partial charge in [0.25, 0.3) is 0 Å². The summed E-state index contributed by atoms with van der Waals surface area (Å²) in [7, 11) is 0. The Morgan fingerprint density at radius 1 is 1.55 bits per heavy atom. The van der Waals surface area contributed by atoms with Gasteiger partial charge in [-0.25, -0.2) is 0 Å². The first-order valence-electron chi connectivity index (χ1n) is 2.62. The second-order valence-corrected chi connectivity index (χ2v) is 1.82. The van der Waals surface area contributed by atoms with E-state index >= 15 is 0 Å². The number of halogens is 3. The summed E-state index contributed by atoms with van der Waals surface area (Å²) in [5.41, 5.74) is -1.27. The highest BCUT2D eigenvalue weighted by molar-refractivity contribution is 5.71. The molecule has 0 aliphatic carbocycles. The number of carbonyl (C=O) groups excluding carboxylic acids is 1. The lowest BCUT2D eigenvalue weighted by Crippen LogP contribution is -2.04. The summed E-state index contributed by atoms with van der Waals surface area (Å²) in [6.45, 7) is 0. The third kappa shape index (κ3) is 1.57. The third-order valence-corrected chi connectivity index (χ3v) is 1.02. The Hall–Kier alpha value is -1.33. The maximum absolute atomic E-state index is 11.8. The average molecular weight is 164 g/mol. The highest BCUT2D eigenvalue weighted by Gasteiger charge is 2.32. The molecule has 0 aliphatic rings. The predicted octanol–water partition coefficient (Wildman–Crippen LogP) is 1.24. The van der Waals surface area contributed by atoms with Gasteiger partial charge in [-0.3, -0.25) is 9.89 Å². The molecule has 60 valence electrons. The van der Waals surface area contributed by atoms with Gasteiger partial charge in [0.15, 0.2) is 6.29 Å². The summed E-state index contributed by atoms with van der Waals surface area (Å²) in [5, 5.41) is 4.78. The molecule has 0 atom stereocenters. The lowest BCUT2D eigenvalue weighted by molar-refractivity contribution is -0.141. The number of H-pyrrole nitrogens is 1. The zero-order valence-electron chi connectivity index (χ0n) is 5.14. The number of carbonyl (C=O) groups is 1. The van der Waals surface area contributed by atoms with Crippen molar-refractivity contribution in [1.29, 1.82) is 0 Å². The Labute approximate surface area is 59.2 Å². The molecule has 1 heterocycles. The van der Waals surface area contributed by atoms with E-state index in [9.17, 15) is 18.0 Å². The molecular formula is C5H3F3N2O. The van der Waals surface area contributed by atoms with Gasteiger partial charge in [-0.1, -0.05) is 0 Å². The van der Waals surface area contributed by atoms with E-state index in [2.05, 4.69) is 5.10 Å². The van der Waals surface area contributed by atoms with Crippen LogP contribution in [0.4, 0.5) is 13.2 Å². The van der Waals surface area contributed by atoms with Gasteiger partial charge >= 0.3 is 6.18 Å². The van der Waals surface area contributed by atoms with Crippen LogP contribution in [-0.4, -0.2) is 16.5 Å². The summed E-state index contributed by atoms with van der Waals surface area (Å²) < 4.78 is 35.3. The van der Waals surface area contributed by atoms with Crippen LogP contribution < -0.4 is 0 Å². The van der Waals surface area contributed by atoms with Gasteiger partial charge in [0.2, 0.25) is 0 Å². The Morgan fingerprint density at radius 3 is 2.45 bits per heavy atom. The molecule has 0 radical (unpaired) electrons. The number of aromatic amines is 1. The molecule has 1 N–H and O–H groups in total. The van der Waals surface area contributed by atoms with Gasteiger partial charge in [-0.15, -0.1) is 0 Å². The van der Waals surface area contributed by atoms with Gasteiger partial charge in [-0.05, 0) is 6.07 Å². The predicted molar refractivity (Wildman–Crippen MR) is 29.0 cm³/mol. The van der Waals surface area contributed by atoms with Crippen molar-refractivity contribution in [1.82, 2.24) is 10.2 Å². The Balaban J connectivity index is 2.98. The number of nitrogens with zero attached hydrogens (tertiary/aromatic N) is 1. The van der Waals surface area contributed by atoms with Crippen molar-refractivity contribution in [2.24, 2.45) is 0 Å². The number of nitrogens with one attached hydrogen (secondary N) is 1. The van der Waals surface area contributed by atoms with E-state index in [1.807, 2.05) is 0 Å². The van der Waals surface area contributed by atoms with Crippen molar-refractivity contribution in [3.8, 4) is 0 Å². The van der Waals surface area contributed by atoms with Crippen LogP contribution in [0.5, 0.6) is 0 Å². The normalized spacial score (nSPS) is 11.5. The maximum Gasteiger partial charge on any atom is 0.432 e. The van der Waals surface area contributed by atoms with Crippen molar-refractivity contribution in [3.05, 3.63) is 17.5 Å². The van der Waals surface area contributed by atoms with E-state index < -0.39 is 11.9 Å². The topological polar surface area (TPSA) is 45.8 Å². The number of aldehydes is 1. The molecule has 0 fully saturated rings. The highest BCUT2D eigenvalue weighted by atomic mass is 19.4. The fourth-order valence-electron chi connectivity index (χ4n) is 0.543. The summed E-state index contributed by atoms with van der Waals surface area (Å²) in [5.74, 6) is 0. The van der Waals surface area contributed by atoms with Crippen molar-refractivity contribution >= 4 is 6.29 Å². The molecule has 3 nitrogen and oxygen atoms in total. The molecule has 0 spiro atoms. The Bertz CT molecular complexity index is 265. The van der Waals surface area contributed by atoms with E-state index in [0.29, 0.717) is 6.07 Å². The van der Waals surface area contributed by atoms with Crippen molar-refractivity contribution in [2.75, 3.05) is 0 Å². The second-order valence-electron chi connectivity index (χ2n) is 1.82. The zero-order valence-corrected chi connectivity index (χ0v) is 5.14. The lowest BCUT2D eigenvalue weighted by atomic mass is 10.4. The molecule has 1 rings (SSSR count). The molecule has 1 aromatic heterocycles. The van der Waals surface area contributed by atoms with Crippen LogP contribution in [0.2, 0.25) is 0 Å². The molecule has 1 aromatic rings. The fraction of sp³-hybridized carbons (Fsp3) is 0.200. The van der Waals surface area contributed by atoms with Crippen molar-refractivity contribution < 1.29 is 18.0 Å². The molecule has 0 amide bonds. The van der Waals surface area contributed by atoms with Crippen LogP contribution in [-0.2, 0) is 6.18 Å². The van der Waals surface area contributed by atoms with Gasteiger partial charge < -0.3 is 0 Å². The number of hydrogen-bond acceptors (Lipinski definition) is 2. The summed E-state index contributed by atoms with van der Waals surface area (Å²) in [6, 6.07) is 0.646. The monoisotopic (exact) mass is 164 g/mol. The first kappa shape index (κ1) is 7.77. The molecule has 0 unspecified atom stereocenters. The smallest absolute Gasteiger partial charge is 0.296 e. The first-order chi connectivity index (χ1) is 5.04. The molecule has 0 aliphatic heterocycles. The maximum atomic E-state index is 11.8. The second kappa shape index (κ2) is 2.37. The number of rotatable bonds is 1.